The molecule has 0 bridgehead atoms. The van der Waals surface area contributed by atoms with Gasteiger partial charge in [0.1, 0.15) is 6.54 Å². The second-order valence-electron chi connectivity index (χ2n) is 12.0. The van der Waals surface area contributed by atoms with Gasteiger partial charge in [-0.05, 0) is 98.2 Å². The summed E-state index contributed by atoms with van der Waals surface area (Å²) in [5, 5.41) is 19.1. The fourth-order valence-electron chi connectivity index (χ4n) is 8.65. The van der Waals surface area contributed by atoms with Crippen molar-refractivity contribution in [3.63, 3.8) is 0 Å². The largest absolute Gasteiger partial charge is 0.480 e. The van der Waals surface area contributed by atoms with Crippen LogP contribution in [0.3, 0.4) is 0 Å². The van der Waals surface area contributed by atoms with Gasteiger partial charge in [0.15, 0.2) is 0 Å². The molecule has 3 fully saturated rings. The van der Waals surface area contributed by atoms with E-state index in [4.69, 9.17) is 5.11 Å². The number of hydrogen-bond donors (Lipinski definition) is 2. The van der Waals surface area contributed by atoms with E-state index < -0.39 is 5.97 Å². The number of carboxylic acids is 1. The van der Waals surface area contributed by atoms with Crippen molar-refractivity contribution < 1.29 is 19.8 Å². The molecule has 4 aliphatic carbocycles. The van der Waals surface area contributed by atoms with Gasteiger partial charge in [0.25, 0.3) is 0 Å². The highest BCUT2D eigenvalue weighted by Crippen LogP contribution is 2.67. The first-order chi connectivity index (χ1) is 15.1. The molecule has 0 aromatic carbocycles. The zero-order valence-corrected chi connectivity index (χ0v) is 20.5. The topological polar surface area (TPSA) is 77.8 Å². The Morgan fingerprint density at radius 3 is 2.62 bits per heavy atom. The predicted octanol–water partition coefficient (Wildman–Crippen LogP) is 4.89. The van der Waals surface area contributed by atoms with Gasteiger partial charge in [0.05, 0.1) is 6.10 Å². The van der Waals surface area contributed by atoms with E-state index >= 15 is 0 Å². The fraction of sp³-hybridized carbons (Fsp3) is 0.852. The number of fused-ring (bicyclic) bond motifs is 5. The maximum Gasteiger partial charge on any atom is 0.323 e. The van der Waals surface area contributed by atoms with Crippen molar-refractivity contribution in [2.45, 2.75) is 91.1 Å². The quantitative estimate of drug-likeness (QED) is 0.571. The summed E-state index contributed by atoms with van der Waals surface area (Å²) < 4.78 is 0. The van der Waals surface area contributed by atoms with Crippen molar-refractivity contribution in [1.29, 1.82) is 0 Å². The van der Waals surface area contributed by atoms with Crippen LogP contribution >= 0.6 is 0 Å². The van der Waals surface area contributed by atoms with Gasteiger partial charge in [0, 0.05) is 13.5 Å². The van der Waals surface area contributed by atoms with Crippen LogP contribution in [0, 0.1) is 40.4 Å². The number of rotatable bonds is 6. The first-order valence-electron chi connectivity index (χ1n) is 12.9. The van der Waals surface area contributed by atoms with Crippen molar-refractivity contribution in [2.75, 3.05) is 13.6 Å². The van der Waals surface area contributed by atoms with Crippen molar-refractivity contribution in [2.24, 2.45) is 40.4 Å². The molecule has 0 aromatic rings. The fourth-order valence-corrected chi connectivity index (χ4v) is 8.65. The maximum absolute atomic E-state index is 12.4. The van der Waals surface area contributed by atoms with Gasteiger partial charge in [-0.25, -0.2) is 0 Å². The summed E-state index contributed by atoms with van der Waals surface area (Å²) in [4.78, 5) is 24.6. The minimum Gasteiger partial charge on any atom is -0.480 e. The van der Waals surface area contributed by atoms with E-state index in [2.05, 4.69) is 26.8 Å². The van der Waals surface area contributed by atoms with Gasteiger partial charge in [-0.1, -0.05) is 32.4 Å². The Kier molecular flexibility index (Phi) is 6.52. The third-order valence-electron chi connectivity index (χ3n) is 10.4. The highest BCUT2D eigenvalue weighted by molar-refractivity contribution is 5.80. The van der Waals surface area contributed by atoms with Crippen molar-refractivity contribution >= 4 is 11.9 Å². The number of carbonyl (C=O) groups is 2. The molecule has 5 heteroatoms. The Hall–Kier alpha value is -1.36. The Morgan fingerprint density at radius 1 is 1.16 bits per heavy atom. The molecule has 0 saturated heterocycles. The normalized spacial score (nSPS) is 41.7. The van der Waals surface area contributed by atoms with Crippen molar-refractivity contribution in [3.05, 3.63) is 11.6 Å². The number of aliphatic carboxylic acids is 1. The van der Waals surface area contributed by atoms with E-state index in [9.17, 15) is 14.7 Å². The van der Waals surface area contributed by atoms with Crippen LogP contribution in [-0.4, -0.2) is 46.7 Å². The Labute approximate surface area is 193 Å². The van der Waals surface area contributed by atoms with E-state index in [1.54, 1.807) is 7.05 Å². The van der Waals surface area contributed by atoms with Crippen LogP contribution in [0.1, 0.15) is 85.0 Å². The lowest BCUT2D eigenvalue weighted by Crippen LogP contribution is -2.50. The van der Waals surface area contributed by atoms with Gasteiger partial charge >= 0.3 is 5.97 Å². The molecule has 0 heterocycles. The molecule has 5 nitrogen and oxygen atoms in total. The molecule has 0 aliphatic heterocycles. The lowest BCUT2D eigenvalue weighted by molar-refractivity contribution is -0.143. The monoisotopic (exact) mass is 445 g/mol. The van der Waals surface area contributed by atoms with Gasteiger partial charge in [-0.3, -0.25) is 9.59 Å². The number of likely N-dealkylation sites (N-methyl/N-ethyl adjacent to an activating group) is 1. The summed E-state index contributed by atoms with van der Waals surface area (Å²) in [6, 6.07) is 0. The van der Waals surface area contributed by atoms with Gasteiger partial charge in [-0.15, -0.1) is 0 Å². The molecule has 4 aliphatic rings. The number of nitrogens with zero attached hydrogens (tertiary/aromatic N) is 1. The standard InChI is InChI=1S/C27H43NO4/c1-17(5-10-24(30)28(4)16-25(31)32)21-8-9-22-20-7-6-18-15-19(29)11-13-26(18,2)23(20)12-14-27(21,22)3/h6,17,19-23,29H,5,7-16H2,1-4H3,(H,31,32)/t17-,19+,20+,21-,22+,23+,26+,27-/m1/s1. The summed E-state index contributed by atoms with van der Waals surface area (Å²) in [6.07, 6.45) is 12.9. The van der Waals surface area contributed by atoms with Gasteiger partial charge in [0.2, 0.25) is 5.91 Å². The third-order valence-corrected chi connectivity index (χ3v) is 10.4. The third kappa shape index (κ3) is 4.03. The number of allylic oxidation sites excluding steroid dienone is 1. The van der Waals surface area contributed by atoms with E-state index in [0.717, 1.165) is 43.4 Å². The second kappa shape index (κ2) is 8.77. The zero-order valence-electron chi connectivity index (χ0n) is 20.5. The molecule has 1 amide bonds. The molecule has 0 spiro atoms. The molecular formula is C27H43NO4. The summed E-state index contributed by atoms with van der Waals surface area (Å²) >= 11 is 0. The van der Waals surface area contributed by atoms with Crippen LogP contribution in [0.15, 0.2) is 11.6 Å². The molecule has 3 saturated carbocycles. The molecule has 0 unspecified atom stereocenters. The average molecular weight is 446 g/mol. The molecule has 32 heavy (non-hydrogen) atoms. The van der Waals surface area contributed by atoms with Crippen LogP contribution < -0.4 is 0 Å². The van der Waals surface area contributed by atoms with Crippen LogP contribution in [0.4, 0.5) is 0 Å². The maximum atomic E-state index is 12.4. The Balaban J connectivity index is 1.43. The molecular weight excluding hydrogens is 402 g/mol. The van der Waals surface area contributed by atoms with E-state index in [1.165, 1.54) is 42.6 Å². The molecule has 0 aromatic heterocycles. The lowest BCUT2D eigenvalue weighted by atomic mass is 9.47. The predicted molar refractivity (Wildman–Crippen MR) is 125 cm³/mol. The zero-order chi connectivity index (χ0) is 23.3. The lowest BCUT2D eigenvalue weighted by Gasteiger charge is -2.58. The number of aliphatic hydroxyl groups is 1. The van der Waals surface area contributed by atoms with Crippen molar-refractivity contribution in [3.8, 4) is 0 Å². The second-order valence-corrected chi connectivity index (χ2v) is 12.0. The van der Waals surface area contributed by atoms with Gasteiger partial charge in [-0.2, -0.15) is 0 Å². The summed E-state index contributed by atoms with van der Waals surface area (Å²) in [7, 11) is 1.59. The summed E-state index contributed by atoms with van der Waals surface area (Å²) in [5.41, 5.74) is 2.17. The Morgan fingerprint density at radius 2 is 1.91 bits per heavy atom. The first-order valence-corrected chi connectivity index (χ1v) is 12.9. The Bertz CT molecular complexity index is 778. The van der Waals surface area contributed by atoms with Crippen LogP contribution in [-0.2, 0) is 9.59 Å². The van der Waals surface area contributed by atoms with Crippen LogP contribution in [0.5, 0.6) is 0 Å². The number of carboxylic acid groups (broad SMARTS) is 1. The molecule has 8 atom stereocenters. The number of carbonyl (C=O) groups excluding carboxylic acids is 1. The number of aliphatic hydroxyl groups excluding tert-OH is 1. The molecule has 180 valence electrons. The smallest absolute Gasteiger partial charge is 0.323 e. The summed E-state index contributed by atoms with van der Waals surface area (Å²) in [5.74, 6) is 2.41. The van der Waals surface area contributed by atoms with E-state index in [0.29, 0.717) is 23.7 Å². The average Bonchev–Trinajstić information content (AvgIpc) is 3.09. The minimum absolute atomic E-state index is 0.0555. The van der Waals surface area contributed by atoms with Crippen LogP contribution in [0.25, 0.3) is 0 Å². The number of amides is 1. The van der Waals surface area contributed by atoms with Crippen molar-refractivity contribution in [1.82, 2.24) is 4.90 Å². The summed E-state index contributed by atoms with van der Waals surface area (Å²) in [6.45, 7) is 7.12. The van der Waals surface area contributed by atoms with Gasteiger partial charge < -0.3 is 15.1 Å². The minimum atomic E-state index is -0.956. The molecule has 2 N–H and O–H groups in total. The SMILES string of the molecule is C[C@H](CCC(=O)N(C)CC(=O)O)[C@H]1CC[C@H]2[C@@H]3CC=C4C[C@@H](O)CC[C@]4(C)[C@H]3CC[C@]12C. The highest BCUT2D eigenvalue weighted by Gasteiger charge is 2.59. The highest BCUT2D eigenvalue weighted by atomic mass is 16.4. The first kappa shape index (κ1) is 23.8. The molecule has 0 radical (unpaired) electrons. The van der Waals surface area contributed by atoms with Crippen LogP contribution in [0.2, 0.25) is 0 Å². The van der Waals surface area contributed by atoms with E-state index in [-0.39, 0.29) is 24.0 Å². The van der Waals surface area contributed by atoms with E-state index in [1.807, 2.05) is 0 Å². The number of hydrogen-bond acceptors (Lipinski definition) is 3. The molecule has 4 rings (SSSR count).